The molecule has 0 saturated heterocycles. The van der Waals surface area contributed by atoms with Gasteiger partial charge in [0.05, 0.1) is 13.3 Å². The second-order valence-corrected chi connectivity index (χ2v) is 3.78. The van der Waals surface area contributed by atoms with E-state index in [9.17, 15) is 4.79 Å². The van der Waals surface area contributed by atoms with E-state index in [1.807, 2.05) is 0 Å². The van der Waals surface area contributed by atoms with E-state index in [1.54, 1.807) is 12.1 Å². The molecule has 16 heavy (non-hydrogen) atoms. The highest BCUT2D eigenvalue weighted by Crippen LogP contribution is 2.34. The van der Waals surface area contributed by atoms with E-state index in [4.69, 9.17) is 14.7 Å². The number of carbonyl (C=O) groups excluding carboxylic acids is 1. The standard InChI is InChI=1S/C10H10BrNO4/c1-6(13)16-10-7(5-12-14)3-8(11)4-9(10)15-2/h3-5,14H,1-2H3/b12-5-. The molecule has 0 fully saturated rings. The summed E-state index contributed by atoms with van der Waals surface area (Å²) < 4.78 is 10.8. The topological polar surface area (TPSA) is 68.1 Å². The number of methoxy groups -OCH3 is 1. The number of nitrogens with zero attached hydrogens (tertiary/aromatic N) is 1. The molecule has 6 heteroatoms. The number of ether oxygens (including phenoxy) is 2. The second-order valence-electron chi connectivity index (χ2n) is 2.86. The fourth-order valence-electron chi connectivity index (χ4n) is 1.15. The first-order chi connectivity index (χ1) is 7.58. The molecule has 5 nitrogen and oxygen atoms in total. The number of hydrogen-bond donors (Lipinski definition) is 1. The molecule has 1 aromatic rings. The molecule has 0 spiro atoms. The van der Waals surface area contributed by atoms with Gasteiger partial charge in [-0.2, -0.15) is 0 Å². The Morgan fingerprint density at radius 2 is 2.25 bits per heavy atom. The molecule has 1 aromatic carbocycles. The predicted molar refractivity (Wildman–Crippen MR) is 61.4 cm³/mol. The predicted octanol–water partition coefficient (Wildman–Crippen LogP) is 2.19. The molecule has 0 atom stereocenters. The van der Waals surface area contributed by atoms with Crippen molar-refractivity contribution < 1.29 is 19.5 Å². The molecule has 0 radical (unpaired) electrons. The number of benzene rings is 1. The van der Waals surface area contributed by atoms with Crippen LogP contribution in [0.4, 0.5) is 0 Å². The van der Waals surface area contributed by atoms with Crippen LogP contribution in [0.5, 0.6) is 11.5 Å². The van der Waals surface area contributed by atoms with E-state index >= 15 is 0 Å². The molecule has 0 unspecified atom stereocenters. The zero-order valence-corrected chi connectivity index (χ0v) is 10.3. The van der Waals surface area contributed by atoms with Crippen LogP contribution in [0, 0.1) is 0 Å². The van der Waals surface area contributed by atoms with Crippen LogP contribution >= 0.6 is 15.9 Å². The molecule has 0 aliphatic heterocycles. The molecular formula is C10H10BrNO4. The summed E-state index contributed by atoms with van der Waals surface area (Å²) in [6, 6.07) is 3.29. The van der Waals surface area contributed by atoms with E-state index in [2.05, 4.69) is 21.1 Å². The molecule has 0 heterocycles. The molecular weight excluding hydrogens is 278 g/mol. The van der Waals surface area contributed by atoms with Crippen LogP contribution in [-0.4, -0.2) is 24.5 Å². The zero-order valence-electron chi connectivity index (χ0n) is 8.73. The van der Waals surface area contributed by atoms with Crippen molar-refractivity contribution in [2.45, 2.75) is 6.92 Å². The average molecular weight is 288 g/mol. The Kier molecular flexibility index (Phi) is 4.30. The summed E-state index contributed by atoms with van der Waals surface area (Å²) in [6.07, 6.45) is 1.16. The third-order valence-electron chi connectivity index (χ3n) is 1.71. The van der Waals surface area contributed by atoms with Crippen molar-refractivity contribution in [3.8, 4) is 11.5 Å². The van der Waals surface area contributed by atoms with Gasteiger partial charge >= 0.3 is 5.97 Å². The van der Waals surface area contributed by atoms with Crippen LogP contribution in [0.25, 0.3) is 0 Å². The van der Waals surface area contributed by atoms with Crippen LogP contribution in [0.3, 0.4) is 0 Å². The minimum atomic E-state index is -0.479. The molecule has 0 bridgehead atoms. The summed E-state index contributed by atoms with van der Waals surface area (Å²) >= 11 is 3.26. The monoisotopic (exact) mass is 287 g/mol. The number of halogens is 1. The van der Waals surface area contributed by atoms with Gasteiger partial charge in [0.15, 0.2) is 11.5 Å². The zero-order chi connectivity index (χ0) is 12.1. The Morgan fingerprint density at radius 3 is 2.75 bits per heavy atom. The molecule has 1 rings (SSSR count). The summed E-state index contributed by atoms with van der Waals surface area (Å²) in [7, 11) is 1.45. The maximum atomic E-state index is 10.9. The lowest BCUT2D eigenvalue weighted by Gasteiger charge is -2.11. The summed E-state index contributed by atoms with van der Waals surface area (Å²) in [6.45, 7) is 1.28. The molecule has 0 aromatic heterocycles. The van der Waals surface area contributed by atoms with Gasteiger partial charge in [0, 0.05) is 17.0 Å². The van der Waals surface area contributed by atoms with E-state index in [0.29, 0.717) is 11.3 Å². The first-order valence-electron chi connectivity index (χ1n) is 4.32. The number of carbonyl (C=O) groups is 1. The van der Waals surface area contributed by atoms with Crippen LogP contribution in [0.2, 0.25) is 0 Å². The maximum Gasteiger partial charge on any atom is 0.308 e. The molecule has 0 saturated carbocycles. The van der Waals surface area contributed by atoms with Crippen LogP contribution in [-0.2, 0) is 4.79 Å². The highest BCUT2D eigenvalue weighted by Gasteiger charge is 2.13. The minimum absolute atomic E-state index is 0.219. The van der Waals surface area contributed by atoms with Gasteiger partial charge in [0.2, 0.25) is 0 Å². The first kappa shape index (κ1) is 12.5. The third kappa shape index (κ3) is 2.96. The van der Waals surface area contributed by atoms with Crippen LogP contribution in [0.1, 0.15) is 12.5 Å². The molecule has 0 aliphatic rings. The van der Waals surface area contributed by atoms with Gasteiger partial charge in [-0.25, -0.2) is 0 Å². The summed E-state index contributed by atoms with van der Waals surface area (Å²) in [4.78, 5) is 10.9. The quantitative estimate of drug-likeness (QED) is 0.304. The largest absolute Gasteiger partial charge is 0.493 e. The van der Waals surface area contributed by atoms with Gasteiger partial charge in [0.25, 0.3) is 0 Å². The van der Waals surface area contributed by atoms with Crippen molar-refractivity contribution in [2.24, 2.45) is 5.16 Å². The van der Waals surface area contributed by atoms with Gasteiger partial charge in [-0.3, -0.25) is 4.79 Å². The van der Waals surface area contributed by atoms with Gasteiger partial charge in [-0.15, -0.1) is 0 Å². The van der Waals surface area contributed by atoms with E-state index in [1.165, 1.54) is 14.0 Å². The van der Waals surface area contributed by atoms with E-state index < -0.39 is 5.97 Å². The first-order valence-corrected chi connectivity index (χ1v) is 5.11. The SMILES string of the molecule is COc1cc(Br)cc(/C=N\O)c1OC(C)=O. The van der Waals surface area contributed by atoms with Gasteiger partial charge in [0.1, 0.15) is 0 Å². The molecule has 86 valence electrons. The van der Waals surface area contributed by atoms with Gasteiger partial charge in [-0.05, 0) is 12.1 Å². The molecule has 1 N–H and O–H groups in total. The van der Waals surface area contributed by atoms with Crippen molar-refractivity contribution in [3.05, 3.63) is 22.2 Å². The average Bonchev–Trinajstić information content (AvgIpc) is 2.21. The van der Waals surface area contributed by atoms with Crippen molar-refractivity contribution in [1.82, 2.24) is 0 Å². The highest BCUT2D eigenvalue weighted by molar-refractivity contribution is 9.10. The van der Waals surface area contributed by atoms with Crippen molar-refractivity contribution in [1.29, 1.82) is 0 Å². The normalized spacial score (nSPS) is 10.4. The smallest absolute Gasteiger partial charge is 0.308 e. The fourth-order valence-corrected chi connectivity index (χ4v) is 1.61. The van der Waals surface area contributed by atoms with Crippen LogP contribution in [0.15, 0.2) is 21.8 Å². The Labute approximate surface area is 101 Å². The number of oxime groups is 1. The highest BCUT2D eigenvalue weighted by atomic mass is 79.9. The Morgan fingerprint density at radius 1 is 1.56 bits per heavy atom. The van der Waals surface area contributed by atoms with Gasteiger partial charge in [-0.1, -0.05) is 21.1 Å². The summed E-state index contributed by atoms with van der Waals surface area (Å²) in [5.41, 5.74) is 0.434. The molecule has 0 aliphatic carbocycles. The summed E-state index contributed by atoms with van der Waals surface area (Å²) in [5.74, 6) is 0.115. The number of hydrogen-bond acceptors (Lipinski definition) is 5. The second kappa shape index (κ2) is 5.50. The fraction of sp³-hybridized carbons (Fsp3) is 0.200. The lowest BCUT2D eigenvalue weighted by molar-refractivity contribution is -0.132. The Bertz CT molecular complexity index is 431. The van der Waals surface area contributed by atoms with E-state index in [-0.39, 0.29) is 5.75 Å². The lowest BCUT2D eigenvalue weighted by Crippen LogP contribution is -2.05. The summed E-state index contributed by atoms with van der Waals surface area (Å²) in [5, 5.41) is 11.4. The van der Waals surface area contributed by atoms with Gasteiger partial charge < -0.3 is 14.7 Å². The van der Waals surface area contributed by atoms with Crippen LogP contribution < -0.4 is 9.47 Å². The van der Waals surface area contributed by atoms with Crippen molar-refractivity contribution >= 4 is 28.1 Å². The van der Waals surface area contributed by atoms with E-state index in [0.717, 1.165) is 10.7 Å². The number of rotatable bonds is 3. The lowest BCUT2D eigenvalue weighted by atomic mass is 10.2. The van der Waals surface area contributed by atoms with Crippen molar-refractivity contribution in [2.75, 3.05) is 7.11 Å². The Balaban J connectivity index is 3.32. The molecule has 0 amide bonds. The number of esters is 1. The Hall–Kier alpha value is -1.56. The maximum absolute atomic E-state index is 10.9. The minimum Gasteiger partial charge on any atom is -0.493 e. The third-order valence-corrected chi connectivity index (χ3v) is 2.17. The van der Waals surface area contributed by atoms with Crippen molar-refractivity contribution in [3.63, 3.8) is 0 Å².